The lowest BCUT2D eigenvalue weighted by Crippen LogP contribution is -2.53. The zero-order valence-corrected chi connectivity index (χ0v) is 16.0. The topological polar surface area (TPSA) is 66.6 Å². The Morgan fingerprint density at radius 3 is 2.66 bits per heavy atom. The molecule has 29 heavy (non-hydrogen) atoms. The van der Waals surface area contributed by atoms with Crippen LogP contribution in [-0.4, -0.2) is 42.4 Å². The van der Waals surface area contributed by atoms with E-state index < -0.39 is 17.7 Å². The van der Waals surface area contributed by atoms with E-state index in [-0.39, 0.29) is 30.7 Å². The molecule has 5 nitrogen and oxygen atoms in total. The maximum absolute atomic E-state index is 14.3. The molecule has 1 fully saturated rings. The molecular formula is C22H23F2N3O2. The molecule has 1 saturated heterocycles. The van der Waals surface area contributed by atoms with Gasteiger partial charge in [0.2, 0.25) is 11.8 Å². The SMILES string of the molecule is NC(CC(=O)N1CCN(c2ccccc2)C(=O)C1)C1CCc2cc(F)cc(F)c21. The van der Waals surface area contributed by atoms with Gasteiger partial charge in [-0.25, -0.2) is 8.78 Å². The number of carbonyl (C=O) groups is 2. The highest BCUT2D eigenvalue weighted by atomic mass is 19.1. The minimum Gasteiger partial charge on any atom is -0.332 e. The summed E-state index contributed by atoms with van der Waals surface area (Å²) in [5.74, 6) is -1.87. The number of amides is 2. The van der Waals surface area contributed by atoms with Crippen molar-refractivity contribution in [1.29, 1.82) is 0 Å². The monoisotopic (exact) mass is 399 g/mol. The van der Waals surface area contributed by atoms with Gasteiger partial charge in [-0.15, -0.1) is 0 Å². The Morgan fingerprint density at radius 1 is 1.17 bits per heavy atom. The molecule has 152 valence electrons. The maximum atomic E-state index is 14.3. The Labute approximate surface area is 168 Å². The summed E-state index contributed by atoms with van der Waals surface area (Å²) in [6, 6.07) is 11.0. The van der Waals surface area contributed by atoms with E-state index in [1.165, 1.54) is 11.0 Å². The van der Waals surface area contributed by atoms with Crippen LogP contribution in [0.5, 0.6) is 0 Å². The van der Waals surface area contributed by atoms with E-state index in [1.807, 2.05) is 30.3 Å². The standard InChI is InChI=1S/C22H23F2N3O2/c23-15-10-14-6-7-17(22(14)18(24)11-15)19(25)12-20(28)26-8-9-27(21(29)13-26)16-4-2-1-3-5-16/h1-5,10-11,17,19H,6-9,12-13,25H2. The third-order valence-electron chi connectivity index (χ3n) is 5.84. The van der Waals surface area contributed by atoms with Crippen LogP contribution < -0.4 is 10.6 Å². The zero-order chi connectivity index (χ0) is 20.5. The average molecular weight is 399 g/mol. The molecule has 2 aliphatic rings. The summed E-state index contributed by atoms with van der Waals surface area (Å²) in [6.07, 6.45) is 1.16. The number of para-hydroxylation sites is 1. The van der Waals surface area contributed by atoms with Gasteiger partial charge in [-0.1, -0.05) is 18.2 Å². The number of hydrogen-bond acceptors (Lipinski definition) is 3. The Balaban J connectivity index is 1.39. The first-order chi connectivity index (χ1) is 13.9. The number of halogens is 2. The van der Waals surface area contributed by atoms with Crippen molar-refractivity contribution >= 4 is 17.5 Å². The number of fused-ring (bicyclic) bond motifs is 1. The number of rotatable bonds is 4. The Hall–Kier alpha value is -2.80. The first kappa shape index (κ1) is 19.5. The van der Waals surface area contributed by atoms with Crippen LogP contribution >= 0.6 is 0 Å². The fraction of sp³-hybridized carbons (Fsp3) is 0.364. The van der Waals surface area contributed by atoms with Crippen LogP contribution in [0.15, 0.2) is 42.5 Å². The number of aryl methyl sites for hydroxylation is 1. The molecule has 0 bridgehead atoms. The number of nitrogens with two attached hydrogens (primary N) is 1. The van der Waals surface area contributed by atoms with Crippen LogP contribution in [0.4, 0.5) is 14.5 Å². The molecule has 2 N–H and O–H groups in total. The molecule has 0 spiro atoms. The van der Waals surface area contributed by atoms with Crippen molar-refractivity contribution in [3.63, 3.8) is 0 Å². The van der Waals surface area contributed by atoms with E-state index in [4.69, 9.17) is 5.73 Å². The van der Waals surface area contributed by atoms with Gasteiger partial charge in [-0.3, -0.25) is 9.59 Å². The predicted molar refractivity (Wildman–Crippen MR) is 105 cm³/mol. The smallest absolute Gasteiger partial charge is 0.246 e. The second kappa shape index (κ2) is 7.91. The summed E-state index contributed by atoms with van der Waals surface area (Å²) in [5, 5.41) is 0. The maximum Gasteiger partial charge on any atom is 0.246 e. The lowest BCUT2D eigenvalue weighted by Gasteiger charge is -2.35. The van der Waals surface area contributed by atoms with Gasteiger partial charge in [-0.2, -0.15) is 0 Å². The summed E-state index contributed by atoms with van der Waals surface area (Å²) in [4.78, 5) is 28.4. The van der Waals surface area contributed by atoms with E-state index in [0.717, 1.165) is 11.8 Å². The molecule has 1 heterocycles. The molecule has 2 aromatic rings. The molecule has 2 unspecified atom stereocenters. The lowest BCUT2D eigenvalue weighted by atomic mass is 9.91. The van der Waals surface area contributed by atoms with E-state index in [2.05, 4.69) is 0 Å². The van der Waals surface area contributed by atoms with Crippen LogP contribution in [0.2, 0.25) is 0 Å². The number of nitrogens with zero attached hydrogens (tertiary/aromatic N) is 2. The van der Waals surface area contributed by atoms with Gasteiger partial charge in [0, 0.05) is 43.2 Å². The van der Waals surface area contributed by atoms with Crippen LogP contribution in [0.1, 0.15) is 29.9 Å². The molecule has 0 aromatic heterocycles. The van der Waals surface area contributed by atoms with Crippen molar-refractivity contribution in [2.24, 2.45) is 5.73 Å². The second-order valence-corrected chi connectivity index (χ2v) is 7.67. The zero-order valence-electron chi connectivity index (χ0n) is 16.0. The minimum absolute atomic E-state index is 0.00126. The minimum atomic E-state index is -0.600. The summed E-state index contributed by atoms with van der Waals surface area (Å²) in [5.41, 5.74) is 8.12. The molecule has 0 saturated carbocycles. The van der Waals surface area contributed by atoms with Gasteiger partial charge in [0.1, 0.15) is 18.2 Å². The Kier molecular flexibility index (Phi) is 5.32. The number of benzene rings is 2. The Bertz CT molecular complexity index is 935. The first-order valence-corrected chi connectivity index (χ1v) is 9.80. The van der Waals surface area contributed by atoms with Crippen molar-refractivity contribution in [3.8, 4) is 0 Å². The highest BCUT2D eigenvalue weighted by Gasteiger charge is 2.34. The molecule has 2 atom stereocenters. The summed E-state index contributed by atoms with van der Waals surface area (Å²) in [7, 11) is 0. The van der Waals surface area contributed by atoms with Crippen LogP contribution in [-0.2, 0) is 16.0 Å². The van der Waals surface area contributed by atoms with E-state index in [1.54, 1.807) is 4.90 Å². The van der Waals surface area contributed by atoms with Crippen molar-refractivity contribution in [2.45, 2.75) is 31.2 Å². The molecule has 7 heteroatoms. The fourth-order valence-corrected chi connectivity index (χ4v) is 4.38. The normalized spacial score (nSPS) is 20.0. The largest absolute Gasteiger partial charge is 0.332 e. The van der Waals surface area contributed by atoms with Crippen molar-refractivity contribution < 1.29 is 18.4 Å². The summed E-state index contributed by atoms with van der Waals surface area (Å²) >= 11 is 0. The first-order valence-electron chi connectivity index (χ1n) is 9.80. The second-order valence-electron chi connectivity index (χ2n) is 7.67. The fourth-order valence-electron chi connectivity index (χ4n) is 4.38. The third kappa shape index (κ3) is 3.87. The summed E-state index contributed by atoms with van der Waals surface area (Å²) < 4.78 is 27.7. The molecule has 2 aromatic carbocycles. The van der Waals surface area contributed by atoms with Gasteiger partial charge in [0.25, 0.3) is 0 Å². The average Bonchev–Trinajstić information content (AvgIpc) is 3.13. The van der Waals surface area contributed by atoms with Crippen LogP contribution in [0.25, 0.3) is 0 Å². The van der Waals surface area contributed by atoms with Gasteiger partial charge in [0.15, 0.2) is 0 Å². The van der Waals surface area contributed by atoms with Gasteiger partial charge < -0.3 is 15.5 Å². The predicted octanol–water partition coefficient (Wildman–Crippen LogP) is 2.59. The van der Waals surface area contributed by atoms with Gasteiger partial charge in [0.05, 0.1) is 0 Å². The van der Waals surface area contributed by atoms with E-state index >= 15 is 0 Å². The van der Waals surface area contributed by atoms with Gasteiger partial charge >= 0.3 is 0 Å². The Morgan fingerprint density at radius 2 is 1.93 bits per heavy atom. The highest BCUT2D eigenvalue weighted by Crippen LogP contribution is 2.38. The van der Waals surface area contributed by atoms with E-state index in [9.17, 15) is 18.4 Å². The van der Waals surface area contributed by atoms with Crippen LogP contribution in [0.3, 0.4) is 0 Å². The molecular weight excluding hydrogens is 376 g/mol. The van der Waals surface area contributed by atoms with Crippen molar-refractivity contribution in [2.75, 3.05) is 24.5 Å². The number of anilines is 1. The number of hydrogen-bond donors (Lipinski definition) is 1. The summed E-state index contributed by atoms with van der Waals surface area (Å²) in [6.45, 7) is 0.846. The molecule has 0 radical (unpaired) electrons. The van der Waals surface area contributed by atoms with E-state index in [0.29, 0.717) is 37.1 Å². The number of piperazine rings is 1. The lowest BCUT2D eigenvalue weighted by molar-refractivity contribution is -0.137. The van der Waals surface area contributed by atoms with Gasteiger partial charge in [-0.05, 0) is 42.2 Å². The number of carbonyl (C=O) groups excluding carboxylic acids is 2. The van der Waals surface area contributed by atoms with Crippen molar-refractivity contribution in [1.82, 2.24) is 4.90 Å². The molecule has 2 amide bonds. The quantitative estimate of drug-likeness (QED) is 0.860. The van der Waals surface area contributed by atoms with Crippen LogP contribution in [0, 0.1) is 11.6 Å². The molecule has 1 aliphatic heterocycles. The third-order valence-corrected chi connectivity index (χ3v) is 5.84. The van der Waals surface area contributed by atoms with Crippen molar-refractivity contribution in [3.05, 3.63) is 65.2 Å². The molecule has 4 rings (SSSR count). The molecule has 1 aliphatic carbocycles. The highest BCUT2D eigenvalue weighted by molar-refractivity contribution is 5.97.